The van der Waals surface area contributed by atoms with E-state index in [1.54, 1.807) is 31.5 Å². The molecule has 136 valence electrons. The van der Waals surface area contributed by atoms with Crippen LogP contribution in [0.2, 0.25) is 5.02 Å². The van der Waals surface area contributed by atoms with E-state index < -0.39 is 0 Å². The van der Waals surface area contributed by atoms with Gasteiger partial charge in [0.2, 0.25) is 5.13 Å². The minimum absolute atomic E-state index is 0.193. The van der Waals surface area contributed by atoms with Gasteiger partial charge in [-0.05, 0) is 43.3 Å². The van der Waals surface area contributed by atoms with Crippen LogP contribution in [0.3, 0.4) is 0 Å². The average molecular weight is 399 g/mol. The third kappa shape index (κ3) is 3.39. The van der Waals surface area contributed by atoms with Crippen molar-refractivity contribution < 1.29 is 4.74 Å². The van der Waals surface area contributed by atoms with Crippen molar-refractivity contribution in [3.8, 4) is 11.4 Å². The van der Waals surface area contributed by atoms with Gasteiger partial charge in [0, 0.05) is 16.9 Å². The van der Waals surface area contributed by atoms with Crippen molar-refractivity contribution in [3.05, 3.63) is 69.1 Å². The first-order valence-corrected chi connectivity index (χ1v) is 9.31. The summed E-state index contributed by atoms with van der Waals surface area (Å²) < 4.78 is 7.65. The van der Waals surface area contributed by atoms with E-state index in [0.29, 0.717) is 27.1 Å². The maximum atomic E-state index is 12.7. The summed E-state index contributed by atoms with van der Waals surface area (Å²) in [7, 11) is 1.63. The van der Waals surface area contributed by atoms with E-state index in [1.165, 1.54) is 16.0 Å². The number of methoxy groups -OCH3 is 1. The lowest BCUT2D eigenvalue weighted by Gasteiger charge is -2.01. The Hall–Kier alpha value is -2.90. The number of H-pyrrole nitrogens is 1. The van der Waals surface area contributed by atoms with Crippen LogP contribution in [-0.4, -0.2) is 28.1 Å². The summed E-state index contributed by atoms with van der Waals surface area (Å²) in [4.78, 5) is 21.6. The number of nitrogens with zero attached hydrogens (tertiary/aromatic N) is 3. The van der Waals surface area contributed by atoms with Gasteiger partial charge in [-0.25, -0.2) is 14.7 Å². The van der Waals surface area contributed by atoms with Gasteiger partial charge in [-0.15, -0.1) is 0 Å². The van der Waals surface area contributed by atoms with E-state index in [1.807, 2.05) is 31.2 Å². The summed E-state index contributed by atoms with van der Waals surface area (Å²) in [5, 5.41) is 4.19. The monoisotopic (exact) mass is 398 g/mol. The highest BCUT2D eigenvalue weighted by Crippen LogP contribution is 2.30. The molecule has 0 radical (unpaired) electrons. The first-order chi connectivity index (χ1) is 13.0. The largest absolute Gasteiger partial charge is 0.497 e. The zero-order valence-corrected chi connectivity index (χ0v) is 16.1. The number of aromatic nitrogens is 3. The van der Waals surface area contributed by atoms with Gasteiger partial charge < -0.3 is 4.74 Å². The average Bonchev–Trinajstić information content (AvgIpc) is 3.19. The van der Waals surface area contributed by atoms with Crippen LogP contribution >= 0.6 is 22.9 Å². The minimum Gasteiger partial charge on any atom is -0.497 e. The van der Waals surface area contributed by atoms with Gasteiger partial charge >= 0.3 is 0 Å². The van der Waals surface area contributed by atoms with Crippen molar-refractivity contribution >= 4 is 44.5 Å². The predicted molar refractivity (Wildman–Crippen MR) is 110 cm³/mol. The van der Waals surface area contributed by atoms with Crippen molar-refractivity contribution in [1.82, 2.24) is 14.8 Å². The minimum atomic E-state index is -0.193. The van der Waals surface area contributed by atoms with Crippen LogP contribution in [0.1, 0.15) is 11.3 Å². The number of ether oxygens (including phenoxy) is 1. The quantitative estimate of drug-likeness (QED) is 0.514. The molecule has 0 aliphatic heterocycles. The SMILES string of the molecule is COc1ccc2nc(N=Cc3c(C)[nH]n(-c4cccc(Cl)c4)c3=O)sc2c1. The molecular weight excluding hydrogens is 384 g/mol. The molecule has 0 bridgehead atoms. The fraction of sp³-hybridized carbons (Fsp3) is 0.105. The van der Waals surface area contributed by atoms with Gasteiger partial charge in [-0.1, -0.05) is 29.0 Å². The maximum absolute atomic E-state index is 12.7. The number of hydrogen-bond acceptors (Lipinski definition) is 5. The molecule has 0 unspecified atom stereocenters. The number of nitrogens with one attached hydrogen (secondary N) is 1. The molecule has 0 saturated heterocycles. The van der Waals surface area contributed by atoms with E-state index in [4.69, 9.17) is 16.3 Å². The highest BCUT2D eigenvalue weighted by Gasteiger charge is 2.11. The number of aromatic amines is 1. The van der Waals surface area contributed by atoms with Gasteiger partial charge in [0.1, 0.15) is 5.75 Å². The highest BCUT2D eigenvalue weighted by molar-refractivity contribution is 7.22. The van der Waals surface area contributed by atoms with Gasteiger partial charge in [-0.2, -0.15) is 0 Å². The van der Waals surface area contributed by atoms with Crippen LogP contribution in [0, 0.1) is 6.92 Å². The van der Waals surface area contributed by atoms with E-state index >= 15 is 0 Å². The Bertz CT molecular complexity index is 1220. The molecule has 0 atom stereocenters. The maximum Gasteiger partial charge on any atom is 0.280 e. The summed E-state index contributed by atoms with van der Waals surface area (Å²) in [6, 6.07) is 12.7. The summed E-state index contributed by atoms with van der Waals surface area (Å²) in [5.74, 6) is 0.771. The van der Waals surface area contributed by atoms with Crippen LogP contribution in [-0.2, 0) is 0 Å². The smallest absolute Gasteiger partial charge is 0.280 e. The number of aliphatic imine (C=N–C) groups is 1. The normalized spacial score (nSPS) is 11.5. The molecule has 4 aromatic rings. The molecule has 0 aliphatic carbocycles. The molecule has 0 amide bonds. The molecule has 4 rings (SSSR count). The molecule has 0 spiro atoms. The molecule has 0 fully saturated rings. The van der Waals surface area contributed by atoms with E-state index in [2.05, 4.69) is 15.1 Å². The second kappa shape index (κ2) is 7.02. The molecule has 2 aromatic heterocycles. The first kappa shape index (κ1) is 17.5. The van der Waals surface area contributed by atoms with Crippen molar-refractivity contribution in [2.24, 2.45) is 4.99 Å². The molecule has 8 heteroatoms. The van der Waals surface area contributed by atoms with E-state index in [0.717, 1.165) is 16.0 Å². The van der Waals surface area contributed by atoms with Crippen LogP contribution in [0.4, 0.5) is 5.13 Å². The molecule has 0 aliphatic rings. The molecule has 2 aromatic carbocycles. The topological polar surface area (TPSA) is 72.3 Å². The molecule has 0 saturated carbocycles. The second-order valence-electron chi connectivity index (χ2n) is 5.86. The third-order valence-corrected chi connectivity index (χ3v) is 5.23. The Morgan fingerprint density at radius 1 is 1.30 bits per heavy atom. The molecular formula is C19H15ClN4O2S. The van der Waals surface area contributed by atoms with Crippen molar-refractivity contribution in [3.63, 3.8) is 0 Å². The lowest BCUT2D eigenvalue weighted by atomic mass is 10.3. The van der Waals surface area contributed by atoms with Gasteiger partial charge in [0.15, 0.2) is 0 Å². The number of thiazole rings is 1. The zero-order chi connectivity index (χ0) is 19.0. The molecule has 6 nitrogen and oxygen atoms in total. The predicted octanol–water partition coefficient (Wildman–Crippen LogP) is 4.50. The Kier molecular flexibility index (Phi) is 4.55. The van der Waals surface area contributed by atoms with Crippen LogP contribution in [0.5, 0.6) is 5.75 Å². The number of halogens is 1. The Labute approximate surface area is 163 Å². The van der Waals surface area contributed by atoms with E-state index in [-0.39, 0.29) is 5.56 Å². The standard InChI is InChI=1S/C19H15ClN4O2S/c1-11-15(18(25)24(23-11)13-5-3-4-12(20)8-13)10-21-19-22-16-7-6-14(26-2)9-17(16)27-19/h3-10,23H,1-2H3. The van der Waals surface area contributed by atoms with Gasteiger partial charge in [0.25, 0.3) is 5.56 Å². The van der Waals surface area contributed by atoms with Gasteiger partial charge in [0.05, 0.1) is 28.6 Å². The number of hydrogen-bond donors (Lipinski definition) is 1. The van der Waals surface area contributed by atoms with E-state index in [9.17, 15) is 4.79 Å². The summed E-state index contributed by atoms with van der Waals surface area (Å²) in [6.07, 6.45) is 1.55. The number of benzene rings is 2. The zero-order valence-electron chi connectivity index (χ0n) is 14.6. The Balaban J connectivity index is 1.69. The summed E-state index contributed by atoms with van der Waals surface area (Å²) >= 11 is 7.46. The lowest BCUT2D eigenvalue weighted by Crippen LogP contribution is -2.17. The van der Waals surface area contributed by atoms with Crippen molar-refractivity contribution in [2.75, 3.05) is 7.11 Å². The first-order valence-electron chi connectivity index (χ1n) is 8.11. The third-order valence-electron chi connectivity index (χ3n) is 4.07. The second-order valence-corrected chi connectivity index (χ2v) is 7.30. The fourth-order valence-electron chi connectivity index (χ4n) is 2.70. The number of rotatable bonds is 4. The summed E-state index contributed by atoms with van der Waals surface area (Å²) in [5.41, 5.74) is 2.51. The van der Waals surface area contributed by atoms with Gasteiger partial charge in [-0.3, -0.25) is 9.89 Å². The van der Waals surface area contributed by atoms with Crippen LogP contribution < -0.4 is 10.3 Å². The highest BCUT2D eigenvalue weighted by atomic mass is 35.5. The van der Waals surface area contributed by atoms with Crippen LogP contribution in [0.15, 0.2) is 52.3 Å². The van der Waals surface area contributed by atoms with Crippen molar-refractivity contribution in [1.29, 1.82) is 0 Å². The summed E-state index contributed by atoms with van der Waals surface area (Å²) in [6.45, 7) is 1.83. The number of aryl methyl sites for hydroxylation is 1. The fourth-order valence-corrected chi connectivity index (χ4v) is 3.73. The van der Waals surface area contributed by atoms with Crippen LogP contribution in [0.25, 0.3) is 15.9 Å². The molecule has 2 heterocycles. The Morgan fingerprint density at radius 3 is 2.93 bits per heavy atom. The lowest BCUT2D eigenvalue weighted by molar-refractivity contribution is 0.415. The molecule has 1 N–H and O–H groups in total. The number of fused-ring (bicyclic) bond motifs is 1. The van der Waals surface area contributed by atoms with Crippen molar-refractivity contribution in [2.45, 2.75) is 6.92 Å². The Morgan fingerprint density at radius 2 is 2.15 bits per heavy atom. The molecule has 27 heavy (non-hydrogen) atoms.